The van der Waals surface area contributed by atoms with Crippen molar-refractivity contribution in [1.82, 2.24) is 20.3 Å². The van der Waals surface area contributed by atoms with Gasteiger partial charge in [-0.15, -0.1) is 0 Å². The molecule has 0 unspecified atom stereocenters. The number of hydrogen-bond donors (Lipinski definition) is 4. The highest BCUT2D eigenvalue weighted by molar-refractivity contribution is 5.72. The van der Waals surface area contributed by atoms with Gasteiger partial charge < -0.3 is 21.1 Å². The molecule has 2 aliphatic carbocycles. The highest BCUT2D eigenvalue weighted by atomic mass is 16.3. The Morgan fingerprint density at radius 3 is 2.50 bits per heavy atom. The van der Waals surface area contributed by atoms with E-state index in [1.54, 1.807) is 0 Å². The third-order valence-corrected chi connectivity index (χ3v) is 5.91. The molecule has 2 aromatic rings. The average Bonchev–Trinajstić information content (AvgIpc) is 3.59. The average molecular weight is 411 g/mol. The molecule has 2 heterocycles. The second-order valence-electron chi connectivity index (χ2n) is 8.59. The number of aliphatic hydroxyl groups excluding tert-OH is 1. The van der Waals surface area contributed by atoms with Gasteiger partial charge in [-0.05, 0) is 56.6 Å². The fourth-order valence-corrected chi connectivity index (χ4v) is 3.79. The monoisotopic (exact) mass is 410 g/mol. The molecule has 4 N–H and O–H groups in total. The summed E-state index contributed by atoms with van der Waals surface area (Å²) in [5, 5.41) is 20.3. The summed E-state index contributed by atoms with van der Waals surface area (Å²) in [5.74, 6) is 1.47. The predicted octanol–water partition coefficient (Wildman–Crippen LogP) is 3.72. The molecule has 2 aliphatic rings. The van der Waals surface area contributed by atoms with Crippen LogP contribution in [0.3, 0.4) is 0 Å². The van der Waals surface area contributed by atoms with Crippen LogP contribution in [0.25, 0.3) is 11.3 Å². The fourth-order valence-electron chi connectivity index (χ4n) is 3.79. The first-order valence-electron chi connectivity index (χ1n) is 11.5. The van der Waals surface area contributed by atoms with E-state index in [0.29, 0.717) is 18.0 Å². The Labute approximate surface area is 179 Å². The molecule has 0 spiro atoms. The van der Waals surface area contributed by atoms with Crippen LogP contribution in [0.2, 0.25) is 0 Å². The number of anilines is 2. The van der Waals surface area contributed by atoms with Crippen molar-refractivity contribution in [2.24, 2.45) is 0 Å². The van der Waals surface area contributed by atoms with Gasteiger partial charge in [0, 0.05) is 37.6 Å². The van der Waals surface area contributed by atoms with Crippen molar-refractivity contribution in [2.75, 3.05) is 17.2 Å². The van der Waals surface area contributed by atoms with Crippen molar-refractivity contribution in [3.05, 3.63) is 30.1 Å². The molecule has 0 amide bonds. The molecule has 4 rings (SSSR count). The molecule has 30 heavy (non-hydrogen) atoms. The van der Waals surface area contributed by atoms with Crippen molar-refractivity contribution >= 4 is 11.8 Å². The minimum Gasteiger partial charge on any atom is -0.393 e. The molecular weight excluding hydrogens is 376 g/mol. The zero-order valence-electron chi connectivity index (χ0n) is 17.9. The van der Waals surface area contributed by atoms with Gasteiger partial charge in [0.15, 0.2) is 0 Å². The number of rotatable bonds is 10. The van der Waals surface area contributed by atoms with Gasteiger partial charge in [-0.25, -0.2) is 4.98 Å². The van der Waals surface area contributed by atoms with Gasteiger partial charge in [0.1, 0.15) is 5.82 Å². The summed E-state index contributed by atoms with van der Waals surface area (Å²) in [4.78, 5) is 14.0. The lowest BCUT2D eigenvalue weighted by molar-refractivity contribution is 0.126. The maximum Gasteiger partial charge on any atom is 0.224 e. The van der Waals surface area contributed by atoms with Crippen molar-refractivity contribution in [2.45, 2.75) is 83.0 Å². The lowest BCUT2D eigenvalue weighted by Crippen LogP contribution is -2.29. The summed E-state index contributed by atoms with van der Waals surface area (Å²) in [6, 6.07) is 5.19. The zero-order valence-corrected chi connectivity index (χ0v) is 17.9. The van der Waals surface area contributed by atoms with Gasteiger partial charge in [-0.3, -0.25) is 4.98 Å². The second kappa shape index (κ2) is 10.2. The molecule has 7 nitrogen and oxygen atoms in total. The van der Waals surface area contributed by atoms with Crippen molar-refractivity contribution in [3.8, 4) is 11.3 Å². The normalized spacial score (nSPS) is 21.4. The van der Waals surface area contributed by atoms with Gasteiger partial charge in [-0.1, -0.05) is 19.4 Å². The van der Waals surface area contributed by atoms with Gasteiger partial charge in [0.05, 0.1) is 17.4 Å². The summed E-state index contributed by atoms with van der Waals surface area (Å²) in [5.41, 5.74) is 2.99. The van der Waals surface area contributed by atoms with E-state index in [1.165, 1.54) is 18.4 Å². The Bertz CT molecular complexity index is 800. The minimum atomic E-state index is -0.169. The van der Waals surface area contributed by atoms with Crippen LogP contribution in [-0.2, 0) is 6.54 Å². The molecule has 162 valence electrons. The van der Waals surface area contributed by atoms with Crippen LogP contribution in [0, 0.1) is 0 Å². The Hall–Kier alpha value is -2.25. The zero-order chi connectivity index (χ0) is 20.8. The van der Waals surface area contributed by atoms with Gasteiger partial charge in [0.25, 0.3) is 0 Å². The van der Waals surface area contributed by atoms with E-state index in [0.717, 1.165) is 68.7 Å². The minimum absolute atomic E-state index is 0.169. The lowest BCUT2D eigenvalue weighted by atomic mass is 9.93. The molecule has 2 aromatic heterocycles. The molecule has 0 saturated heterocycles. The molecule has 0 aromatic carbocycles. The highest BCUT2D eigenvalue weighted by Crippen LogP contribution is 2.29. The van der Waals surface area contributed by atoms with E-state index in [4.69, 9.17) is 9.97 Å². The first-order chi connectivity index (χ1) is 14.7. The van der Waals surface area contributed by atoms with Crippen LogP contribution in [0.1, 0.15) is 63.9 Å². The Balaban J connectivity index is 1.50. The van der Waals surface area contributed by atoms with Crippen LogP contribution in [0.4, 0.5) is 11.8 Å². The Kier molecular flexibility index (Phi) is 7.12. The first kappa shape index (κ1) is 21.0. The van der Waals surface area contributed by atoms with E-state index >= 15 is 0 Å². The molecule has 0 radical (unpaired) electrons. The number of aliphatic hydroxyl groups is 1. The number of hydrogen-bond acceptors (Lipinski definition) is 7. The molecule has 0 aliphatic heterocycles. The van der Waals surface area contributed by atoms with Gasteiger partial charge in [0.2, 0.25) is 5.95 Å². The number of nitrogens with zero attached hydrogens (tertiary/aromatic N) is 3. The number of aromatic nitrogens is 3. The van der Waals surface area contributed by atoms with E-state index in [-0.39, 0.29) is 6.10 Å². The Morgan fingerprint density at radius 2 is 1.80 bits per heavy atom. The summed E-state index contributed by atoms with van der Waals surface area (Å²) >= 11 is 0. The second-order valence-corrected chi connectivity index (χ2v) is 8.59. The van der Waals surface area contributed by atoms with Crippen LogP contribution >= 0.6 is 0 Å². The highest BCUT2D eigenvalue weighted by Gasteiger charge is 2.22. The van der Waals surface area contributed by atoms with Crippen LogP contribution in [0.5, 0.6) is 0 Å². The Morgan fingerprint density at radius 1 is 1.00 bits per heavy atom. The first-order valence-corrected chi connectivity index (χ1v) is 11.5. The van der Waals surface area contributed by atoms with E-state index in [9.17, 15) is 5.11 Å². The third-order valence-electron chi connectivity index (χ3n) is 5.91. The van der Waals surface area contributed by atoms with Gasteiger partial charge in [-0.2, -0.15) is 4.98 Å². The molecular formula is C23H34N6O. The van der Waals surface area contributed by atoms with Crippen molar-refractivity contribution < 1.29 is 5.11 Å². The SMILES string of the molecule is CCCCNc1ncc(-c2ccc(CNC3CC3)cn2)c(N[C@H]2CC[C@H](O)CC2)n1. The molecule has 2 saturated carbocycles. The predicted molar refractivity (Wildman–Crippen MR) is 120 cm³/mol. The maximum atomic E-state index is 9.82. The number of unbranched alkanes of at least 4 members (excludes halogenated alkanes) is 1. The quantitative estimate of drug-likeness (QED) is 0.444. The van der Waals surface area contributed by atoms with Crippen LogP contribution in [0.15, 0.2) is 24.5 Å². The summed E-state index contributed by atoms with van der Waals surface area (Å²) in [6.07, 6.45) is 12.0. The third kappa shape index (κ3) is 5.89. The number of nitrogens with one attached hydrogen (secondary N) is 3. The van der Waals surface area contributed by atoms with Crippen LogP contribution < -0.4 is 16.0 Å². The molecule has 7 heteroatoms. The van der Waals surface area contributed by atoms with E-state index in [1.807, 2.05) is 12.4 Å². The standard InChI is InChI=1S/C23H34N6O/c1-2-3-12-24-23-27-15-20(22(29-23)28-18-7-9-19(30)10-8-18)21-11-4-16(14-26-21)13-25-17-5-6-17/h4,11,14-15,17-19,25,30H,2-3,5-10,12-13H2,1H3,(H2,24,27,28,29)/t18-,19-. The van der Waals surface area contributed by atoms with Gasteiger partial charge >= 0.3 is 0 Å². The smallest absolute Gasteiger partial charge is 0.224 e. The summed E-state index contributed by atoms with van der Waals surface area (Å²) in [7, 11) is 0. The largest absolute Gasteiger partial charge is 0.393 e. The summed E-state index contributed by atoms with van der Waals surface area (Å²) < 4.78 is 0. The molecule has 2 fully saturated rings. The lowest BCUT2D eigenvalue weighted by Gasteiger charge is -2.27. The fraction of sp³-hybridized carbons (Fsp3) is 0.609. The topological polar surface area (TPSA) is 95.0 Å². The molecule has 0 atom stereocenters. The van der Waals surface area contributed by atoms with Crippen LogP contribution in [-0.4, -0.2) is 44.8 Å². The van der Waals surface area contributed by atoms with Crippen molar-refractivity contribution in [3.63, 3.8) is 0 Å². The molecule has 0 bridgehead atoms. The van der Waals surface area contributed by atoms with E-state index in [2.05, 4.69) is 40.0 Å². The number of pyridine rings is 1. The maximum absolute atomic E-state index is 9.82. The summed E-state index contributed by atoms with van der Waals surface area (Å²) in [6.45, 7) is 3.90. The van der Waals surface area contributed by atoms with E-state index < -0.39 is 0 Å². The van der Waals surface area contributed by atoms with Crippen molar-refractivity contribution in [1.29, 1.82) is 0 Å².